The second-order valence-electron chi connectivity index (χ2n) is 24.4. The first kappa shape index (κ1) is 71.4. The molecule has 0 saturated heterocycles. The molecule has 2 aromatic carbocycles. The van der Waals surface area contributed by atoms with Crippen LogP contribution in [0.1, 0.15) is 93.9 Å². The minimum absolute atomic E-state index is 0.0378. The van der Waals surface area contributed by atoms with E-state index in [0.29, 0.717) is 179 Å². The quantitative estimate of drug-likeness (QED) is 0.0297. The maximum Gasteiger partial charge on any atom is 0.251 e. The molecule has 3 heterocycles. The number of fused-ring (bicyclic) bond motifs is 1. The van der Waals surface area contributed by atoms with E-state index in [0.717, 1.165) is 37.3 Å². The smallest absolute Gasteiger partial charge is 0.251 e. The first-order valence-corrected chi connectivity index (χ1v) is 32.3. The summed E-state index contributed by atoms with van der Waals surface area (Å²) in [5.41, 5.74) is 2.62. The van der Waals surface area contributed by atoms with E-state index in [4.69, 9.17) is 56.5 Å². The normalized spacial score (nSPS) is 19.1. The monoisotopic (exact) mass is 1290 g/mol. The largest absolute Gasteiger partial charge is 0.504 e. The van der Waals surface area contributed by atoms with Crippen molar-refractivity contribution in [1.29, 1.82) is 0 Å². The maximum absolute atomic E-state index is 13.5. The minimum atomic E-state index is -0.523. The molecule has 2 unspecified atom stereocenters. The summed E-state index contributed by atoms with van der Waals surface area (Å²) in [6.45, 7) is 16.9. The first-order valence-electron chi connectivity index (χ1n) is 32.3. The van der Waals surface area contributed by atoms with Crippen LogP contribution in [0.4, 0.5) is 0 Å². The van der Waals surface area contributed by atoms with Crippen LogP contribution in [-0.4, -0.2) is 227 Å². The van der Waals surface area contributed by atoms with Gasteiger partial charge in [-0.25, -0.2) is 9.36 Å². The number of nitrogens with zero attached hydrogens (tertiary/aromatic N) is 7. The number of aromatic nitrogens is 6. The van der Waals surface area contributed by atoms with Crippen molar-refractivity contribution in [3.63, 3.8) is 0 Å². The Kier molecular flexibility index (Phi) is 29.0. The lowest BCUT2D eigenvalue weighted by Gasteiger charge is -2.65. The summed E-state index contributed by atoms with van der Waals surface area (Å²) in [5.74, 6) is -0.348. The number of amides is 3. The summed E-state index contributed by atoms with van der Waals surface area (Å²) in [5, 5.41) is 43.1. The van der Waals surface area contributed by atoms with Crippen LogP contribution in [0.15, 0.2) is 64.1 Å². The molecule has 508 valence electrons. The molecule has 27 heteroatoms. The zero-order valence-corrected chi connectivity index (χ0v) is 53.8. The summed E-state index contributed by atoms with van der Waals surface area (Å²) in [6, 6.07) is 10.3. The van der Waals surface area contributed by atoms with Crippen molar-refractivity contribution in [3.05, 3.63) is 82.0 Å². The number of aryl methyl sites for hydroxylation is 1. The molecule has 0 spiro atoms. The summed E-state index contributed by atoms with van der Waals surface area (Å²) in [6.07, 6.45) is 12.3. The molecule has 4 aliphatic rings. The SMILES string of the molecule is CCc1cn(CCOCCOCCC(=O)N(CCOCCOCCOCCOCCOCCNC(=O)c2ccc(-c3cc(=O)c4ccc(O)c(O)c4o3)cc2)Cc2cn(CCOCCOCCOCCOCCC(=O)NC34CC5CC(C)(CC(C)(C5)C3)C4)nn2)nn1. The standard InChI is InChI=1S/C65H95N9O18/c1-4-52-44-73(70-68-52)15-21-85-26-23-82-18-12-59(78)72(43-53-45-74(71-69-53)16-22-86-28-32-90-35-33-87-29-24-81-17-11-58(77)67-65-42-49-40-63(2,47-65)46-64(3,41-49)48-65)14-20-84-27-31-89-36-38-91-37-34-88-30-25-83-19-13-66-62(80)51-7-5-50(6-8-51)57-39-56(76)54-9-10-55(75)60(79)61(54)92-57/h5-10,39,44-45,49,75,79H,4,11-38,40-43,46-48H2,1-3H3,(H,66,80)(H,67,77). The number of benzene rings is 2. The van der Waals surface area contributed by atoms with Gasteiger partial charge in [-0.3, -0.25) is 19.2 Å². The Hall–Kier alpha value is -6.50. The first-order chi connectivity index (χ1) is 44.7. The van der Waals surface area contributed by atoms with Crippen molar-refractivity contribution in [3.8, 4) is 22.8 Å². The average Bonchev–Trinajstić information content (AvgIpc) is 0.880. The Balaban J connectivity index is 0.610. The van der Waals surface area contributed by atoms with Crippen LogP contribution in [0, 0.1) is 16.7 Å². The number of aromatic hydroxyl groups is 2. The van der Waals surface area contributed by atoms with Gasteiger partial charge in [-0.15, -0.1) is 10.2 Å². The fourth-order valence-corrected chi connectivity index (χ4v) is 13.1. The van der Waals surface area contributed by atoms with Crippen LogP contribution in [0.5, 0.6) is 11.5 Å². The van der Waals surface area contributed by atoms with Crippen molar-refractivity contribution in [1.82, 2.24) is 45.5 Å². The predicted octanol–water partition coefficient (Wildman–Crippen LogP) is 4.90. The van der Waals surface area contributed by atoms with Gasteiger partial charge in [-0.2, -0.15) is 0 Å². The van der Waals surface area contributed by atoms with E-state index in [2.05, 4.69) is 45.1 Å². The molecule has 4 fully saturated rings. The molecule has 92 heavy (non-hydrogen) atoms. The predicted molar refractivity (Wildman–Crippen MR) is 335 cm³/mol. The highest BCUT2D eigenvalue weighted by Crippen LogP contribution is 2.66. The van der Waals surface area contributed by atoms with Crippen LogP contribution in [0.3, 0.4) is 0 Å². The number of carbonyl (C=O) groups excluding carboxylic acids is 3. The molecule has 0 aliphatic heterocycles. The van der Waals surface area contributed by atoms with Gasteiger partial charge in [-0.05, 0) is 86.0 Å². The minimum Gasteiger partial charge on any atom is -0.504 e. The molecule has 4 saturated carbocycles. The van der Waals surface area contributed by atoms with Crippen molar-refractivity contribution in [2.24, 2.45) is 16.7 Å². The average molecular weight is 1290 g/mol. The molecule has 3 amide bonds. The molecule has 5 aromatic rings. The molecule has 4 bridgehead atoms. The zero-order chi connectivity index (χ0) is 64.9. The van der Waals surface area contributed by atoms with E-state index in [-0.39, 0.29) is 84.7 Å². The molecular formula is C65H95N9O18. The van der Waals surface area contributed by atoms with E-state index in [1.165, 1.54) is 37.5 Å². The van der Waals surface area contributed by atoms with E-state index >= 15 is 0 Å². The van der Waals surface area contributed by atoms with E-state index in [9.17, 15) is 29.4 Å². The number of phenols is 2. The number of hydrogen-bond donors (Lipinski definition) is 4. The summed E-state index contributed by atoms with van der Waals surface area (Å²) >= 11 is 0. The highest BCUT2D eigenvalue weighted by Gasteiger charge is 2.60. The Bertz CT molecular complexity index is 3070. The summed E-state index contributed by atoms with van der Waals surface area (Å²) in [4.78, 5) is 53.3. The van der Waals surface area contributed by atoms with Gasteiger partial charge in [0, 0.05) is 48.4 Å². The number of nitrogens with one attached hydrogen (secondary N) is 2. The van der Waals surface area contributed by atoms with E-state index in [1.807, 2.05) is 13.1 Å². The van der Waals surface area contributed by atoms with E-state index in [1.54, 1.807) is 44.7 Å². The second-order valence-corrected chi connectivity index (χ2v) is 24.4. The summed E-state index contributed by atoms with van der Waals surface area (Å²) < 4.78 is 71.6. The van der Waals surface area contributed by atoms with Gasteiger partial charge in [0.25, 0.3) is 5.91 Å². The van der Waals surface area contributed by atoms with E-state index < -0.39 is 11.5 Å². The molecule has 4 aliphatic carbocycles. The van der Waals surface area contributed by atoms with Crippen LogP contribution in [-0.2, 0) is 87.7 Å². The van der Waals surface area contributed by atoms with Crippen LogP contribution >= 0.6 is 0 Å². The molecule has 4 N–H and O–H groups in total. The lowest BCUT2D eigenvalue weighted by molar-refractivity contribution is -0.140. The number of ether oxygens (including phenoxy) is 11. The zero-order valence-electron chi connectivity index (χ0n) is 53.8. The van der Waals surface area contributed by atoms with Crippen molar-refractivity contribution in [2.75, 3.05) is 158 Å². The number of phenolic OH excluding ortho intramolecular Hbond substituents is 2. The number of rotatable bonds is 48. The fourth-order valence-electron chi connectivity index (χ4n) is 13.1. The Morgan fingerprint density at radius 2 is 1.11 bits per heavy atom. The molecular weight excluding hydrogens is 1190 g/mol. The van der Waals surface area contributed by atoms with Gasteiger partial charge >= 0.3 is 0 Å². The Morgan fingerprint density at radius 3 is 1.65 bits per heavy atom. The third-order valence-electron chi connectivity index (χ3n) is 16.4. The van der Waals surface area contributed by atoms with Gasteiger partial charge in [0.1, 0.15) is 11.5 Å². The Labute approximate surface area is 537 Å². The summed E-state index contributed by atoms with van der Waals surface area (Å²) in [7, 11) is 0. The number of hydrogen-bond acceptors (Lipinski definition) is 22. The van der Waals surface area contributed by atoms with Gasteiger partial charge in [0.2, 0.25) is 17.6 Å². The van der Waals surface area contributed by atoms with Gasteiger partial charge in [-0.1, -0.05) is 43.3 Å². The van der Waals surface area contributed by atoms with Gasteiger partial charge in [0.05, 0.1) is 189 Å². The lowest BCUT2D eigenvalue weighted by Crippen LogP contribution is -2.65. The molecule has 2 atom stereocenters. The lowest BCUT2D eigenvalue weighted by atomic mass is 9.43. The highest BCUT2D eigenvalue weighted by atomic mass is 16.6. The fraction of sp³-hybridized carbons (Fsp3) is 0.662. The number of carbonyl (C=O) groups is 3. The van der Waals surface area contributed by atoms with Gasteiger partial charge < -0.3 is 82.3 Å². The molecule has 9 rings (SSSR count). The molecule has 3 aromatic heterocycles. The highest BCUT2D eigenvalue weighted by molar-refractivity contribution is 5.94. The van der Waals surface area contributed by atoms with Crippen LogP contribution in [0.25, 0.3) is 22.3 Å². The molecule has 27 nitrogen and oxygen atoms in total. The van der Waals surface area contributed by atoms with Crippen molar-refractivity contribution in [2.45, 2.75) is 104 Å². The second kappa shape index (κ2) is 37.4. The molecule has 0 radical (unpaired) electrons. The van der Waals surface area contributed by atoms with Crippen LogP contribution < -0.4 is 16.1 Å². The topological polar surface area (TPSA) is 312 Å². The van der Waals surface area contributed by atoms with Gasteiger partial charge in [0.15, 0.2) is 16.8 Å². The third kappa shape index (κ3) is 23.5. The maximum atomic E-state index is 13.5. The Morgan fingerprint density at radius 1 is 0.609 bits per heavy atom. The van der Waals surface area contributed by atoms with Crippen LogP contribution in [0.2, 0.25) is 0 Å². The van der Waals surface area contributed by atoms with Crippen molar-refractivity contribution < 1.29 is 81.1 Å². The third-order valence-corrected chi connectivity index (χ3v) is 16.4. The van der Waals surface area contributed by atoms with Crippen molar-refractivity contribution >= 4 is 28.7 Å².